The molecule has 1 unspecified atom stereocenters. The van der Waals surface area contributed by atoms with Gasteiger partial charge in [0.05, 0.1) is 30.5 Å². The molecule has 2 aromatic rings. The van der Waals surface area contributed by atoms with Gasteiger partial charge in [0.1, 0.15) is 12.2 Å². The number of ether oxygens (including phenoxy) is 3. The Kier molecular flexibility index (Phi) is 6.18. The van der Waals surface area contributed by atoms with Crippen LogP contribution in [0.4, 0.5) is 4.79 Å². The molecule has 0 bridgehead atoms. The van der Waals surface area contributed by atoms with Crippen LogP contribution in [0.5, 0.6) is 0 Å². The topological polar surface area (TPSA) is 116 Å². The van der Waals surface area contributed by atoms with Crippen molar-refractivity contribution >= 4 is 28.9 Å². The number of rotatable bonds is 7. The van der Waals surface area contributed by atoms with Crippen molar-refractivity contribution in [2.75, 3.05) is 20.3 Å². The molecular formula is C20H22N2O7. The van der Waals surface area contributed by atoms with Gasteiger partial charge in [-0.15, -0.1) is 0 Å². The second kappa shape index (κ2) is 8.78. The van der Waals surface area contributed by atoms with Crippen LogP contribution in [0, 0.1) is 0 Å². The minimum Gasteiger partial charge on any atom is -0.463 e. The maximum absolute atomic E-state index is 12.7. The molecule has 3 rings (SSSR count). The third kappa shape index (κ3) is 4.24. The lowest BCUT2D eigenvalue weighted by Crippen LogP contribution is -2.50. The summed E-state index contributed by atoms with van der Waals surface area (Å²) in [5, 5.41) is 5.83. The number of urea groups is 1. The number of hydrogen-bond acceptors (Lipinski definition) is 7. The molecule has 154 valence electrons. The molecule has 1 aromatic heterocycles. The monoisotopic (exact) mass is 402 g/mol. The summed E-state index contributed by atoms with van der Waals surface area (Å²) in [6.45, 7) is 3.33. The first kappa shape index (κ1) is 20.4. The normalized spacial score (nSPS) is 16.4. The molecule has 0 saturated heterocycles. The Labute approximate surface area is 167 Å². The molecule has 0 saturated carbocycles. The Hall–Kier alpha value is -3.33. The summed E-state index contributed by atoms with van der Waals surface area (Å²) < 4.78 is 21.2. The standard InChI is InChI=1S/C20H22N2O7/c1-4-27-18(23)16-11(2)21-20(25)22-14(16)10-28-19(24)17-13(9-26-3)12-7-5-6-8-15(12)29-17/h5-8,11H,4,9-10H2,1-3H3,(H2,21,22,25). The van der Waals surface area contributed by atoms with Gasteiger partial charge in [-0.25, -0.2) is 14.4 Å². The molecule has 2 N–H and O–H groups in total. The fourth-order valence-electron chi connectivity index (χ4n) is 3.15. The highest BCUT2D eigenvalue weighted by Gasteiger charge is 2.31. The van der Waals surface area contributed by atoms with Crippen LogP contribution in [0.1, 0.15) is 30.0 Å². The van der Waals surface area contributed by atoms with Crippen molar-refractivity contribution in [1.29, 1.82) is 0 Å². The van der Waals surface area contributed by atoms with Crippen LogP contribution in [0.2, 0.25) is 0 Å². The maximum Gasteiger partial charge on any atom is 0.375 e. The van der Waals surface area contributed by atoms with Gasteiger partial charge in [0, 0.05) is 18.1 Å². The molecule has 1 atom stereocenters. The Morgan fingerprint density at radius 3 is 2.62 bits per heavy atom. The van der Waals surface area contributed by atoms with E-state index >= 15 is 0 Å². The minimum absolute atomic E-state index is 0.0136. The number of benzene rings is 1. The number of para-hydroxylation sites is 1. The van der Waals surface area contributed by atoms with Gasteiger partial charge in [0.15, 0.2) is 0 Å². The van der Waals surface area contributed by atoms with Gasteiger partial charge >= 0.3 is 18.0 Å². The van der Waals surface area contributed by atoms with Crippen molar-refractivity contribution < 1.29 is 33.0 Å². The van der Waals surface area contributed by atoms with E-state index in [2.05, 4.69) is 10.6 Å². The average Bonchev–Trinajstić information content (AvgIpc) is 3.05. The zero-order valence-corrected chi connectivity index (χ0v) is 16.4. The van der Waals surface area contributed by atoms with E-state index in [1.165, 1.54) is 7.11 Å². The minimum atomic E-state index is -0.732. The molecule has 9 nitrogen and oxygen atoms in total. The first-order valence-electron chi connectivity index (χ1n) is 9.10. The summed E-state index contributed by atoms with van der Waals surface area (Å²) in [5.41, 5.74) is 1.45. The molecule has 9 heteroatoms. The van der Waals surface area contributed by atoms with Crippen molar-refractivity contribution in [2.45, 2.75) is 26.5 Å². The van der Waals surface area contributed by atoms with E-state index in [1.807, 2.05) is 12.1 Å². The Morgan fingerprint density at radius 1 is 1.14 bits per heavy atom. The number of esters is 2. The summed E-state index contributed by atoms with van der Waals surface area (Å²) in [4.78, 5) is 36.7. The number of nitrogens with one attached hydrogen (secondary N) is 2. The van der Waals surface area contributed by atoms with Crippen LogP contribution >= 0.6 is 0 Å². The van der Waals surface area contributed by atoms with Gasteiger partial charge in [-0.2, -0.15) is 0 Å². The van der Waals surface area contributed by atoms with Crippen molar-refractivity contribution in [1.82, 2.24) is 10.6 Å². The summed E-state index contributed by atoms with van der Waals surface area (Å²) >= 11 is 0. The van der Waals surface area contributed by atoms with E-state index in [4.69, 9.17) is 18.6 Å². The Bertz CT molecular complexity index is 976. The highest BCUT2D eigenvalue weighted by Crippen LogP contribution is 2.27. The third-order valence-electron chi connectivity index (χ3n) is 4.39. The van der Waals surface area contributed by atoms with Crippen LogP contribution in [-0.2, 0) is 25.6 Å². The predicted molar refractivity (Wildman–Crippen MR) is 102 cm³/mol. The number of hydrogen-bond donors (Lipinski definition) is 2. The van der Waals surface area contributed by atoms with E-state index in [0.29, 0.717) is 11.1 Å². The summed E-state index contributed by atoms with van der Waals surface area (Å²) in [6, 6.07) is 6.09. The van der Waals surface area contributed by atoms with Crippen molar-refractivity contribution in [3.63, 3.8) is 0 Å². The molecule has 1 aliphatic heterocycles. The van der Waals surface area contributed by atoms with E-state index in [0.717, 1.165) is 5.39 Å². The zero-order valence-electron chi connectivity index (χ0n) is 16.4. The van der Waals surface area contributed by atoms with Crippen LogP contribution in [0.15, 0.2) is 40.0 Å². The molecule has 29 heavy (non-hydrogen) atoms. The van der Waals surface area contributed by atoms with Crippen molar-refractivity contribution in [3.05, 3.63) is 46.9 Å². The Morgan fingerprint density at radius 2 is 1.90 bits per heavy atom. The lowest BCUT2D eigenvalue weighted by atomic mass is 10.0. The smallest absolute Gasteiger partial charge is 0.375 e. The maximum atomic E-state index is 12.7. The van der Waals surface area contributed by atoms with E-state index < -0.39 is 24.0 Å². The van der Waals surface area contributed by atoms with E-state index in [9.17, 15) is 14.4 Å². The summed E-state index contributed by atoms with van der Waals surface area (Å²) in [5.74, 6) is -1.31. The molecule has 1 aromatic carbocycles. The molecule has 0 aliphatic carbocycles. The first-order valence-corrected chi connectivity index (χ1v) is 9.10. The highest BCUT2D eigenvalue weighted by atomic mass is 16.5. The van der Waals surface area contributed by atoms with Crippen LogP contribution in [-0.4, -0.2) is 44.3 Å². The zero-order chi connectivity index (χ0) is 21.0. The lowest BCUT2D eigenvalue weighted by molar-refractivity contribution is -0.139. The van der Waals surface area contributed by atoms with Crippen molar-refractivity contribution in [3.8, 4) is 0 Å². The van der Waals surface area contributed by atoms with Crippen LogP contribution in [0.25, 0.3) is 11.0 Å². The highest BCUT2D eigenvalue weighted by molar-refractivity contribution is 5.97. The SMILES string of the molecule is CCOC(=O)C1=C(COC(=O)c2oc3ccccc3c2COC)NC(=O)NC1C. The van der Waals surface area contributed by atoms with Gasteiger partial charge in [0.2, 0.25) is 5.76 Å². The summed E-state index contributed by atoms with van der Waals surface area (Å²) in [7, 11) is 1.51. The van der Waals surface area contributed by atoms with E-state index in [1.54, 1.807) is 26.0 Å². The fourth-order valence-corrected chi connectivity index (χ4v) is 3.15. The van der Waals surface area contributed by atoms with Gasteiger partial charge in [-0.1, -0.05) is 18.2 Å². The van der Waals surface area contributed by atoms with Crippen LogP contribution < -0.4 is 10.6 Å². The number of amides is 2. The predicted octanol–water partition coefficient (Wildman–Crippen LogP) is 2.25. The fraction of sp³-hybridized carbons (Fsp3) is 0.350. The number of fused-ring (bicyclic) bond motifs is 1. The first-order chi connectivity index (χ1) is 14.0. The quantitative estimate of drug-likeness (QED) is 0.683. The largest absolute Gasteiger partial charge is 0.463 e. The average molecular weight is 402 g/mol. The molecule has 0 radical (unpaired) electrons. The molecule has 0 fully saturated rings. The molecular weight excluding hydrogens is 380 g/mol. The number of carbonyl (C=O) groups excluding carboxylic acids is 3. The second-order valence-corrected chi connectivity index (χ2v) is 6.35. The van der Waals surface area contributed by atoms with Crippen LogP contribution in [0.3, 0.4) is 0 Å². The molecule has 2 amide bonds. The van der Waals surface area contributed by atoms with Gasteiger partial charge in [0.25, 0.3) is 0 Å². The summed E-state index contributed by atoms with van der Waals surface area (Å²) in [6.07, 6.45) is 0. The van der Waals surface area contributed by atoms with Gasteiger partial charge in [-0.3, -0.25) is 0 Å². The Balaban J connectivity index is 1.86. The van der Waals surface area contributed by atoms with E-state index in [-0.39, 0.29) is 36.9 Å². The molecule has 1 aliphatic rings. The number of carbonyl (C=O) groups is 3. The lowest BCUT2D eigenvalue weighted by Gasteiger charge is -2.26. The molecule has 0 spiro atoms. The third-order valence-corrected chi connectivity index (χ3v) is 4.39. The van der Waals surface area contributed by atoms with Gasteiger partial charge < -0.3 is 29.3 Å². The van der Waals surface area contributed by atoms with Gasteiger partial charge in [-0.05, 0) is 19.9 Å². The molecule has 2 heterocycles. The second-order valence-electron chi connectivity index (χ2n) is 6.35. The number of methoxy groups -OCH3 is 1. The van der Waals surface area contributed by atoms with Crippen molar-refractivity contribution in [2.24, 2.45) is 0 Å². The number of furan rings is 1.